The van der Waals surface area contributed by atoms with Crippen LogP contribution < -0.4 is 5.73 Å². The van der Waals surface area contributed by atoms with Crippen molar-refractivity contribution in [1.82, 2.24) is 4.90 Å². The van der Waals surface area contributed by atoms with Crippen molar-refractivity contribution in [3.05, 3.63) is 65.7 Å². The molecule has 1 heterocycles. The largest absolute Gasteiger partial charge is 0.399 e. The van der Waals surface area contributed by atoms with E-state index in [0.29, 0.717) is 12.1 Å². The number of nitrogens with zero attached hydrogens (tertiary/aromatic N) is 1. The van der Waals surface area contributed by atoms with Crippen molar-refractivity contribution in [1.29, 1.82) is 0 Å². The molecule has 0 amide bonds. The Bertz CT molecular complexity index is 661. The number of anilines is 1. The van der Waals surface area contributed by atoms with Gasteiger partial charge in [0.25, 0.3) is 0 Å². The van der Waals surface area contributed by atoms with Crippen LogP contribution in [0.4, 0.5) is 5.69 Å². The van der Waals surface area contributed by atoms with Gasteiger partial charge in [-0.2, -0.15) is 0 Å². The average Bonchev–Trinajstić information content (AvgIpc) is 2.62. The summed E-state index contributed by atoms with van der Waals surface area (Å²) in [7, 11) is 0. The molecule has 0 aliphatic carbocycles. The summed E-state index contributed by atoms with van der Waals surface area (Å²) in [6, 6.07) is 18.0. The maximum atomic E-state index is 12.3. The first-order valence-electron chi connectivity index (χ1n) is 8.86. The predicted octanol–water partition coefficient (Wildman–Crippen LogP) is 3.80. The fraction of sp³-hybridized carbons (Fsp3) is 0.381. The molecule has 3 heteroatoms. The molecule has 3 rings (SSSR count). The van der Waals surface area contributed by atoms with E-state index < -0.39 is 0 Å². The minimum Gasteiger partial charge on any atom is -0.399 e. The first kappa shape index (κ1) is 16.7. The van der Waals surface area contributed by atoms with Crippen LogP contribution in [0.3, 0.4) is 0 Å². The highest BCUT2D eigenvalue weighted by Crippen LogP contribution is 2.22. The van der Waals surface area contributed by atoms with Crippen LogP contribution in [-0.2, 0) is 6.42 Å². The highest BCUT2D eigenvalue weighted by Gasteiger charge is 2.20. The van der Waals surface area contributed by atoms with E-state index in [4.69, 9.17) is 5.73 Å². The molecule has 0 spiro atoms. The summed E-state index contributed by atoms with van der Waals surface area (Å²) < 4.78 is 0. The lowest BCUT2D eigenvalue weighted by atomic mass is 9.90. The minimum absolute atomic E-state index is 0.189. The van der Waals surface area contributed by atoms with Crippen LogP contribution in [0, 0.1) is 5.92 Å². The van der Waals surface area contributed by atoms with Crippen LogP contribution in [-0.4, -0.2) is 30.3 Å². The zero-order valence-electron chi connectivity index (χ0n) is 14.2. The molecule has 24 heavy (non-hydrogen) atoms. The van der Waals surface area contributed by atoms with E-state index in [9.17, 15) is 4.79 Å². The van der Waals surface area contributed by atoms with Crippen molar-refractivity contribution in [2.24, 2.45) is 5.92 Å². The lowest BCUT2D eigenvalue weighted by Crippen LogP contribution is -2.35. The number of rotatable bonds is 6. The molecule has 0 aromatic heterocycles. The molecule has 2 aromatic rings. The quantitative estimate of drug-likeness (QED) is 0.650. The fourth-order valence-electron chi connectivity index (χ4n) is 3.48. The number of hydrogen-bond donors (Lipinski definition) is 1. The van der Waals surface area contributed by atoms with Gasteiger partial charge in [-0.25, -0.2) is 0 Å². The molecular formula is C21H26N2O. The molecule has 1 aliphatic rings. The third-order valence-corrected chi connectivity index (χ3v) is 4.94. The normalized spacial score (nSPS) is 16.2. The standard InChI is InChI=1S/C21H26N2O/c22-20-8-4-7-19(16-20)21(24)11-14-23-12-9-18(10-13-23)15-17-5-2-1-3-6-17/h1-8,16,18H,9-15,22H2. The molecule has 1 saturated heterocycles. The number of hydrogen-bond acceptors (Lipinski definition) is 3. The second-order valence-corrected chi connectivity index (χ2v) is 6.77. The molecular weight excluding hydrogens is 296 g/mol. The summed E-state index contributed by atoms with van der Waals surface area (Å²) in [5.74, 6) is 0.960. The van der Waals surface area contributed by atoms with Crippen LogP contribution in [0.15, 0.2) is 54.6 Å². The molecule has 0 bridgehead atoms. The van der Waals surface area contributed by atoms with Crippen molar-refractivity contribution >= 4 is 11.5 Å². The maximum Gasteiger partial charge on any atom is 0.164 e. The van der Waals surface area contributed by atoms with Gasteiger partial charge < -0.3 is 10.6 Å². The number of Topliss-reactive ketones (excluding diaryl/α,β-unsaturated/α-hetero) is 1. The zero-order valence-corrected chi connectivity index (χ0v) is 14.2. The Morgan fingerprint density at radius 3 is 2.50 bits per heavy atom. The van der Waals surface area contributed by atoms with Gasteiger partial charge >= 0.3 is 0 Å². The van der Waals surface area contributed by atoms with E-state index in [1.165, 1.54) is 24.8 Å². The highest BCUT2D eigenvalue weighted by atomic mass is 16.1. The predicted molar refractivity (Wildman–Crippen MR) is 99.1 cm³/mol. The second kappa shape index (κ2) is 8.11. The summed E-state index contributed by atoms with van der Waals surface area (Å²) in [5.41, 5.74) is 8.57. The summed E-state index contributed by atoms with van der Waals surface area (Å²) in [6.45, 7) is 3.05. The third kappa shape index (κ3) is 4.68. The van der Waals surface area contributed by atoms with Crippen molar-refractivity contribution in [2.75, 3.05) is 25.4 Å². The Labute approximate surface area is 144 Å². The monoisotopic (exact) mass is 322 g/mol. The molecule has 0 saturated carbocycles. The van der Waals surface area contributed by atoms with Crippen LogP contribution in [0.25, 0.3) is 0 Å². The van der Waals surface area contributed by atoms with E-state index in [0.717, 1.165) is 31.1 Å². The van der Waals surface area contributed by atoms with Gasteiger partial charge in [-0.15, -0.1) is 0 Å². The fourth-order valence-corrected chi connectivity index (χ4v) is 3.48. The number of carbonyl (C=O) groups excluding carboxylic acids is 1. The number of carbonyl (C=O) groups is 1. The summed E-state index contributed by atoms with van der Waals surface area (Å²) >= 11 is 0. The topological polar surface area (TPSA) is 46.3 Å². The smallest absolute Gasteiger partial charge is 0.164 e. The van der Waals surface area contributed by atoms with Gasteiger partial charge in [0, 0.05) is 24.2 Å². The van der Waals surface area contributed by atoms with Crippen molar-refractivity contribution < 1.29 is 4.79 Å². The third-order valence-electron chi connectivity index (χ3n) is 4.94. The Balaban J connectivity index is 1.42. The van der Waals surface area contributed by atoms with E-state index >= 15 is 0 Å². The molecule has 0 radical (unpaired) electrons. The van der Waals surface area contributed by atoms with Gasteiger partial charge in [0.2, 0.25) is 0 Å². The number of benzene rings is 2. The van der Waals surface area contributed by atoms with E-state index in [2.05, 4.69) is 35.2 Å². The lowest BCUT2D eigenvalue weighted by Gasteiger charge is -2.31. The van der Waals surface area contributed by atoms with Crippen molar-refractivity contribution in [3.8, 4) is 0 Å². The van der Waals surface area contributed by atoms with Crippen LogP contribution in [0.2, 0.25) is 0 Å². The molecule has 1 fully saturated rings. The van der Waals surface area contributed by atoms with E-state index in [-0.39, 0.29) is 5.78 Å². The average molecular weight is 322 g/mol. The Kier molecular flexibility index (Phi) is 5.65. The second-order valence-electron chi connectivity index (χ2n) is 6.77. The molecule has 1 aliphatic heterocycles. The molecule has 2 N–H and O–H groups in total. The van der Waals surface area contributed by atoms with Gasteiger partial charge in [-0.1, -0.05) is 42.5 Å². The van der Waals surface area contributed by atoms with Gasteiger partial charge in [-0.3, -0.25) is 4.79 Å². The molecule has 0 atom stereocenters. The molecule has 2 aromatic carbocycles. The first-order chi connectivity index (χ1) is 11.7. The van der Waals surface area contributed by atoms with Crippen LogP contribution >= 0.6 is 0 Å². The summed E-state index contributed by atoms with van der Waals surface area (Å²) in [5, 5.41) is 0. The van der Waals surface area contributed by atoms with Gasteiger partial charge in [0.15, 0.2) is 5.78 Å². The highest BCUT2D eigenvalue weighted by molar-refractivity contribution is 5.96. The van der Waals surface area contributed by atoms with Gasteiger partial charge in [0.05, 0.1) is 0 Å². The molecule has 0 unspecified atom stereocenters. The number of ketones is 1. The number of piperidine rings is 1. The van der Waals surface area contributed by atoms with Crippen molar-refractivity contribution in [2.45, 2.75) is 25.7 Å². The van der Waals surface area contributed by atoms with Gasteiger partial charge in [0.1, 0.15) is 0 Å². The Morgan fingerprint density at radius 1 is 1.04 bits per heavy atom. The first-order valence-corrected chi connectivity index (χ1v) is 8.86. The van der Waals surface area contributed by atoms with E-state index in [1.54, 1.807) is 6.07 Å². The van der Waals surface area contributed by atoms with E-state index in [1.807, 2.05) is 18.2 Å². The molecule has 3 nitrogen and oxygen atoms in total. The number of nitrogens with two attached hydrogens (primary N) is 1. The zero-order chi connectivity index (χ0) is 16.8. The lowest BCUT2D eigenvalue weighted by molar-refractivity contribution is 0.0951. The van der Waals surface area contributed by atoms with Crippen LogP contribution in [0.1, 0.15) is 35.2 Å². The summed E-state index contributed by atoms with van der Waals surface area (Å²) in [6.07, 6.45) is 4.20. The SMILES string of the molecule is Nc1cccc(C(=O)CCN2CCC(Cc3ccccc3)CC2)c1. The van der Waals surface area contributed by atoms with Gasteiger partial charge in [-0.05, 0) is 56.0 Å². The number of nitrogen functional groups attached to an aromatic ring is 1. The molecule has 126 valence electrons. The van der Waals surface area contributed by atoms with Crippen LogP contribution in [0.5, 0.6) is 0 Å². The minimum atomic E-state index is 0.189. The number of likely N-dealkylation sites (tertiary alicyclic amines) is 1. The van der Waals surface area contributed by atoms with Crippen molar-refractivity contribution in [3.63, 3.8) is 0 Å². The Hall–Kier alpha value is -2.13. The summed E-state index contributed by atoms with van der Waals surface area (Å²) in [4.78, 5) is 14.7. The maximum absolute atomic E-state index is 12.3. The Morgan fingerprint density at radius 2 is 1.79 bits per heavy atom.